The number of aliphatic hydroxyl groups is 1. The van der Waals surface area contributed by atoms with Crippen molar-refractivity contribution in [1.82, 2.24) is 25.3 Å². The van der Waals surface area contributed by atoms with Crippen molar-refractivity contribution in [1.29, 1.82) is 0 Å². The van der Waals surface area contributed by atoms with Gasteiger partial charge in [-0.15, -0.1) is 0 Å². The third-order valence-electron chi connectivity index (χ3n) is 15.0. The quantitative estimate of drug-likeness (QED) is 0.0880. The number of hydrogen-bond acceptors (Lipinski definition) is 14. The molecule has 3 aromatic carbocycles. The zero-order chi connectivity index (χ0) is 58.9. The third-order valence-corrected chi connectivity index (χ3v) is 17.7. The lowest BCUT2D eigenvalue weighted by atomic mass is 9.80. The fraction of sp³-hybridized carbons (Fsp3) is 0.689. The largest absolute Gasteiger partial charge is 0.393 e. The van der Waals surface area contributed by atoms with Gasteiger partial charge in [0.25, 0.3) is 0 Å². The smallest absolute Gasteiger partial charge is 0.219 e. The molecule has 3 aromatic rings. The van der Waals surface area contributed by atoms with Gasteiger partial charge in [-0.3, -0.25) is 9.36 Å². The Hall–Kier alpha value is -2.92. The Kier molecular flexibility index (Phi) is 24.2. The molecule has 3 atom stereocenters. The lowest BCUT2D eigenvalue weighted by molar-refractivity contribution is -0.257. The number of carbonyl (C=O) groups is 1. The summed E-state index contributed by atoms with van der Waals surface area (Å²) in [6, 6.07) is 30.2. The fourth-order valence-corrected chi connectivity index (χ4v) is 14.2. The number of benzene rings is 3. The van der Waals surface area contributed by atoms with Crippen LogP contribution in [0.3, 0.4) is 0 Å². The number of nitrogens with zero attached hydrogens (tertiary/aromatic N) is 5. The van der Waals surface area contributed by atoms with Gasteiger partial charge in [-0.05, 0) is 179 Å². The van der Waals surface area contributed by atoms with E-state index in [0.29, 0.717) is 32.3 Å². The molecule has 3 fully saturated rings. The van der Waals surface area contributed by atoms with Gasteiger partial charge in [0.2, 0.25) is 7.37 Å². The van der Waals surface area contributed by atoms with Crippen LogP contribution in [0.2, 0.25) is 0 Å². The summed E-state index contributed by atoms with van der Waals surface area (Å²) in [6.07, 6.45) is 5.25. The van der Waals surface area contributed by atoms with Crippen molar-refractivity contribution in [2.45, 2.75) is 253 Å². The minimum atomic E-state index is -2.90. The van der Waals surface area contributed by atoms with Crippen LogP contribution in [-0.2, 0) is 19.4 Å². The molecule has 0 aliphatic carbocycles. The maximum absolute atomic E-state index is 12.6. The van der Waals surface area contributed by atoms with Crippen LogP contribution < -0.4 is 0 Å². The molecule has 3 heterocycles. The minimum Gasteiger partial charge on any atom is -0.393 e. The number of rotatable bonds is 9. The number of hydroxylamine groups is 10. The van der Waals surface area contributed by atoms with Crippen LogP contribution in [0.25, 0.3) is 0 Å². The number of ketones is 1. The predicted octanol–water partition coefficient (Wildman–Crippen LogP) is 14.6. The standard InChI is InChI=1S/C22H23NO.C12H28NO3P.C9H19NO2.C9H17NO2.C9H19NO/c1-18(19-12-6-3-7-13-19)23(24)22(2,20-14-8-4-9-15-20)21-16-10-5-11-17-21;1-9-16-17(8,15)10(11(2,3)4)13(14)12(5,6)7;2*1-8(2)5-7(11)6-9(3,4)10(8)12;1-8(2)6-5-7-9(3,4)10(8)11/h3-18,24H,1-2H3;10,14H,9H2,1-8H3;7,11-12H,5-6H2,1-4H3;12H,5-6H2,1-4H3;11H,5-7H2,1-4H3. The van der Waals surface area contributed by atoms with Crippen molar-refractivity contribution in [2.24, 2.45) is 5.41 Å². The molecule has 3 aliphatic rings. The summed E-state index contributed by atoms with van der Waals surface area (Å²) in [5.41, 5.74) is 0.199. The van der Waals surface area contributed by atoms with E-state index in [1.807, 2.05) is 178 Å². The molecule has 0 aromatic heterocycles. The molecule has 15 heteroatoms. The van der Waals surface area contributed by atoms with E-state index in [1.54, 1.807) is 6.66 Å². The summed E-state index contributed by atoms with van der Waals surface area (Å²) in [5.74, 6) is -0.287. The monoisotopic (exact) mass is 1080 g/mol. The molecule has 0 saturated carbocycles. The van der Waals surface area contributed by atoms with E-state index in [-0.39, 0.29) is 45.5 Å². The van der Waals surface area contributed by atoms with E-state index >= 15 is 0 Å². The maximum Gasteiger partial charge on any atom is 0.219 e. The first-order valence-electron chi connectivity index (χ1n) is 27.4. The normalized spacial score (nSPS) is 22.2. The van der Waals surface area contributed by atoms with Gasteiger partial charge in [-0.1, -0.05) is 112 Å². The SMILES string of the molecule is CC(c1ccccc1)N(O)C(C)(c1ccccc1)c1ccccc1.CC1(C)CC(=O)CC(C)(C)N1O.CC1(C)CC(O)CC(C)(C)N1O.CC1(C)CCCC(C)(C)N1O.CCOP(C)(=O)C(N(O)C(C)(C)C)C(C)(C)C. The summed E-state index contributed by atoms with van der Waals surface area (Å²) < 4.78 is 18.0. The highest BCUT2D eigenvalue weighted by Gasteiger charge is 2.48. The maximum atomic E-state index is 12.6. The van der Waals surface area contributed by atoms with Gasteiger partial charge >= 0.3 is 0 Å². The molecule has 14 nitrogen and oxygen atoms in total. The number of carbonyl (C=O) groups excluding carboxylic acids is 1. The fourth-order valence-electron chi connectivity index (χ4n) is 11.4. The molecule has 0 spiro atoms. The third kappa shape index (κ3) is 18.6. The summed E-state index contributed by atoms with van der Waals surface area (Å²) in [7, 11) is -2.90. The summed E-state index contributed by atoms with van der Waals surface area (Å²) in [4.78, 5) is 11.3. The van der Waals surface area contributed by atoms with Crippen LogP contribution in [-0.4, -0.2) is 126 Å². The van der Waals surface area contributed by atoms with Gasteiger partial charge < -0.3 is 35.7 Å². The Morgan fingerprint density at radius 1 is 0.605 bits per heavy atom. The van der Waals surface area contributed by atoms with E-state index in [0.717, 1.165) is 29.5 Å². The first-order chi connectivity index (χ1) is 34.3. The molecule has 6 rings (SSSR count). The van der Waals surface area contributed by atoms with Crippen molar-refractivity contribution in [3.05, 3.63) is 108 Å². The molecule has 76 heavy (non-hydrogen) atoms. The van der Waals surface area contributed by atoms with Crippen LogP contribution in [0.5, 0.6) is 0 Å². The van der Waals surface area contributed by atoms with Gasteiger partial charge in [0.05, 0.1) is 24.3 Å². The Balaban J connectivity index is 0.000000338. The first kappa shape index (κ1) is 69.2. The van der Waals surface area contributed by atoms with Crippen LogP contribution in [0, 0.1) is 5.41 Å². The summed E-state index contributed by atoms with van der Waals surface area (Å²) >= 11 is 0. The molecule has 3 saturated heterocycles. The number of hydrogen-bond donors (Lipinski definition) is 6. The van der Waals surface area contributed by atoms with Crippen LogP contribution in [0.15, 0.2) is 91.0 Å². The molecular formula is C61H106N5O9P. The topological polar surface area (TPSA) is 181 Å². The molecule has 0 bridgehead atoms. The molecule has 0 amide bonds. The van der Waals surface area contributed by atoms with Crippen molar-refractivity contribution in [3.8, 4) is 0 Å². The average molecular weight is 1080 g/mol. The molecule has 6 N–H and O–H groups in total. The van der Waals surface area contributed by atoms with Crippen molar-refractivity contribution in [3.63, 3.8) is 0 Å². The van der Waals surface area contributed by atoms with Crippen LogP contribution in [0.1, 0.15) is 213 Å². The highest BCUT2D eigenvalue weighted by atomic mass is 31.2. The van der Waals surface area contributed by atoms with E-state index in [1.165, 1.54) is 31.7 Å². The minimum absolute atomic E-state index is 0.0399. The van der Waals surface area contributed by atoms with E-state index < -0.39 is 35.3 Å². The van der Waals surface area contributed by atoms with Gasteiger partial charge in [0.1, 0.15) is 11.6 Å². The molecule has 3 unspecified atom stereocenters. The number of Topliss-reactive ketones (excluding diaryl/α,β-unsaturated/α-hetero) is 1. The lowest BCUT2D eigenvalue weighted by Gasteiger charge is -2.50. The van der Waals surface area contributed by atoms with Crippen LogP contribution in [0.4, 0.5) is 0 Å². The van der Waals surface area contributed by atoms with E-state index in [2.05, 4.69) is 58.9 Å². The van der Waals surface area contributed by atoms with Crippen molar-refractivity contribution >= 4 is 13.2 Å². The molecular weight excluding hydrogens is 978 g/mol. The number of aliphatic hydroxyl groups excluding tert-OH is 1. The Labute approximate surface area is 460 Å². The average Bonchev–Trinajstić information content (AvgIpc) is 3.28. The van der Waals surface area contributed by atoms with Crippen molar-refractivity contribution in [2.75, 3.05) is 13.3 Å². The second kappa shape index (κ2) is 26.6. The van der Waals surface area contributed by atoms with Gasteiger partial charge in [-0.25, -0.2) is 0 Å². The second-order valence-corrected chi connectivity index (χ2v) is 30.0. The van der Waals surface area contributed by atoms with Gasteiger partial charge in [-0.2, -0.15) is 25.3 Å². The summed E-state index contributed by atoms with van der Waals surface area (Å²) in [5, 5.41) is 67.3. The predicted molar refractivity (Wildman–Crippen MR) is 308 cm³/mol. The van der Waals surface area contributed by atoms with E-state index in [9.17, 15) is 40.5 Å². The molecule has 3 aliphatic heterocycles. The van der Waals surface area contributed by atoms with Gasteiger partial charge in [0, 0.05) is 58.3 Å². The highest BCUT2D eigenvalue weighted by molar-refractivity contribution is 7.58. The van der Waals surface area contributed by atoms with E-state index in [4.69, 9.17) is 4.52 Å². The Bertz CT molecular complexity index is 2170. The zero-order valence-corrected chi connectivity index (χ0v) is 52.0. The van der Waals surface area contributed by atoms with Gasteiger partial charge in [0.15, 0.2) is 0 Å². The Morgan fingerprint density at radius 3 is 1.28 bits per heavy atom. The second-order valence-electron chi connectivity index (χ2n) is 27.4. The highest BCUT2D eigenvalue weighted by Crippen LogP contribution is 2.56. The molecule has 434 valence electrons. The summed E-state index contributed by atoms with van der Waals surface area (Å²) in [6.45, 7) is 43.1. The molecule has 0 radical (unpaired) electrons. The first-order valence-corrected chi connectivity index (χ1v) is 29.5. The van der Waals surface area contributed by atoms with Crippen molar-refractivity contribution < 1.29 is 45.0 Å². The van der Waals surface area contributed by atoms with Crippen LogP contribution >= 0.6 is 7.37 Å². The Morgan fingerprint density at radius 2 is 0.947 bits per heavy atom. The lowest BCUT2D eigenvalue weighted by Crippen LogP contribution is -2.60. The number of piperidine rings is 3. The zero-order valence-electron chi connectivity index (χ0n) is 51.1.